The highest BCUT2D eigenvalue weighted by molar-refractivity contribution is 5.75. The van der Waals surface area contributed by atoms with Gasteiger partial charge in [0, 0.05) is 13.0 Å². The number of carbonyl (C=O) groups is 1. The first-order valence-corrected chi connectivity index (χ1v) is 5.42. The predicted octanol–water partition coefficient (Wildman–Crippen LogP) is -0.264. The Kier molecular flexibility index (Phi) is 5.49. The SMILES string of the molecule is CN(C)CCCNC(=O)CCn1cncn1. The van der Waals surface area contributed by atoms with E-state index >= 15 is 0 Å². The Balaban J connectivity index is 2.03. The van der Waals surface area contributed by atoms with Gasteiger partial charge in [-0.15, -0.1) is 0 Å². The number of rotatable bonds is 7. The standard InChI is InChI=1S/C10H19N5O/c1-14(2)6-3-5-12-10(16)4-7-15-9-11-8-13-15/h8-9H,3-7H2,1-2H3,(H,12,16). The minimum Gasteiger partial charge on any atom is -0.356 e. The lowest BCUT2D eigenvalue weighted by Crippen LogP contribution is -2.27. The van der Waals surface area contributed by atoms with E-state index in [1.165, 1.54) is 6.33 Å². The largest absolute Gasteiger partial charge is 0.356 e. The fourth-order valence-corrected chi connectivity index (χ4v) is 1.28. The van der Waals surface area contributed by atoms with Crippen molar-refractivity contribution >= 4 is 5.91 Å². The van der Waals surface area contributed by atoms with Gasteiger partial charge in [0.05, 0.1) is 6.54 Å². The van der Waals surface area contributed by atoms with E-state index in [9.17, 15) is 4.79 Å². The number of aryl methyl sites for hydroxylation is 1. The van der Waals surface area contributed by atoms with Crippen LogP contribution in [-0.4, -0.2) is 52.8 Å². The second kappa shape index (κ2) is 6.95. The highest BCUT2D eigenvalue weighted by Crippen LogP contribution is 1.88. The minimum absolute atomic E-state index is 0.0641. The Morgan fingerprint density at radius 2 is 2.31 bits per heavy atom. The molecule has 0 aromatic carbocycles. The Labute approximate surface area is 95.6 Å². The van der Waals surface area contributed by atoms with Crippen LogP contribution in [0.2, 0.25) is 0 Å². The molecule has 0 saturated heterocycles. The summed E-state index contributed by atoms with van der Waals surface area (Å²) in [6.07, 6.45) is 4.50. The van der Waals surface area contributed by atoms with Crippen LogP contribution in [0.1, 0.15) is 12.8 Å². The first-order valence-electron chi connectivity index (χ1n) is 5.42. The number of amides is 1. The molecule has 1 aromatic heterocycles. The molecule has 16 heavy (non-hydrogen) atoms. The van der Waals surface area contributed by atoms with E-state index in [1.807, 2.05) is 14.1 Å². The van der Waals surface area contributed by atoms with Crippen molar-refractivity contribution in [2.75, 3.05) is 27.2 Å². The van der Waals surface area contributed by atoms with Gasteiger partial charge in [-0.1, -0.05) is 0 Å². The van der Waals surface area contributed by atoms with Crippen LogP contribution >= 0.6 is 0 Å². The van der Waals surface area contributed by atoms with E-state index in [4.69, 9.17) is 0 Å². The lowest BCUT2D eigenvalue weighted by Gasteiger charge is -2.09. The molecule has 0 aliphatic carbocycles. The van der Waals surface area contributed by atoms with E-state index in [1.54, 1.807) is 11.0 Å². The average molecular weight is 225 g/mol. The maximum atomic E-state index is 11.4. The molecule has 0 unspecified atom stereocenters. The molecule has 0 bridgehead atoms. The van der Waals surface area contributed by atoms with E-state index in [-0.39, 0.29) is 5.91 Å². The number of aromatic nitrogens is 3. The van der Waals surface area contributed by atoms with E-state index < -0.39 is 0 Å². The molecule has 0 saturated carbocycles. The fraction of sp³-hybridized carbons (Fsp3) is 0.700. The first kappa shape index (κ1) is 12.6. The van der Waals surface area contributed by atoms with Crippen LogP contribution in [0.25, 0.3) is 0 Å². The molecule has 1 rings (SSSR count). The Morgan fingerprint density at radius 1 is 1.50 bits per heavy atom. The molecule has 6 heteroatoms. The van der Waals surface area contributed by atoms with E-state index in [2.05, 4.69) is 20.3 Å². The van der Waals surface area contributed by atoms with Gasteiger partial charge in [-0.05, 0) is 27.1 Å². The van der Waals surface area contributed by atoms with Gasteiger partial charge in [0.2, 0.25) is 5.91 Å². The number of hydrogen-bond acceptors (Lipinski definition) is 4. The Morgan fingerprint density at radius 3 is 2.94 bits per heavy atom. The highest BCUT2D eigenvalue weighted by Gasteiger charge is 2.01. The van der Waals surface area contributed by atoms with Crippen LogP contribution in [0.5, 0.6) is 0 Å². The first-order chi connectivity index (χ1) is 7.68. The van der Waals surface area contributed by atoms with Crippen molar-refractivity contribution in [2.24, 2.45) is 0 Å². The van der Waals surface area contributed by atoms with Crippen LogP contribution in [0, 0.1) is 0 Å². The smallest absolute Gasteiger partial charge is 0.221 e. The molecule has 0 aliphatic rings. The van der Waals surface area contributed by atoms with Crippen molar-refractivity contribution in [3.8, 4) is 0 Å². The summed E-state index contributed by atoms with van der Waals surface area (Å²) < 4.78 is 1.65. The van der Waals surface area contributed by atoms with Crippen LogP contribution in [0.15, 0.2) is 12.7 Å². The average Bonchev–Trinajstić information content (AvgIpc) is 2.74. The van der Waals surface area contributed by atoms with Crippen molar-refractivity contribution in [3.05, 3.63) is 12.7 Å². The molecule has 90 valence electrons. The van der Waals surface area contributed by atoms with E-state index in [0.717, 1.165) is 19.5 Å². The monoisotopic (exact) mass is 225 g/mol. The van der Waals surface area contributed by atoms with Crippen LogP contribution < -0.4 is 5.32 Å². The summed E-state index contributed by atoms with van der Waals surface area (Å²) in [4.78, 5) is 17.3. The third kappa shape index (κ3) is 5.45. The zero-order valence-electron chi connectivity index (χ0n) is 9.89. The quantitative estimate of drug-likeness (QED) is 0.649. The van der Waals surface area contributed by atoms with Crippen molar-refractivity contribution in [1.82, 2.24) is 25.0 Å². The van der Waals surface area contributed by atoms with Gasteiger partial charge < -0.3 is 10.2 Å². The molecule has 1 N–H and O–H groups in total. The maximum Gasteiger partial charge on any atom is 0.221 e. The molecule has 1 heterocycles. The maximum absolute atomic E-state index is 11.4. The topological polar surface area (TPSA) is 63.1 Å². The summed E-state index contributed by atoms with van der Waals surface area (Å²) in [5.74, 6) is 0.0641. The van der Waals surface area contributed by atoms with Gasteiger partial charge in [0.15, 0.2) is 0 Å². The Hall–Kier alpha value is -1.43. The predicted molar refractivity (Wildman–Crippen MR) is 60.8 cm³/mol. The van der Waals surface area contributed by atoms with Gasteiger partial charge in [0.1, 0.15) is 12.7 Å². The fourth-order valence-electron chi connectivity index (χ4n) is 1.28. The molecular weight excluding hydrogens is 206 g/mol. The van der Waals surface area contributed by atoms with Crippen LogP contribution in [0.3, 0.4) is 0 Å². The molecule has 0 aliphatic heterocycles. The zero-order valence-corrected chi connectivity index (χ0v) is 9.89. The van der Waals surface area contributed by atoms with Crippen molar-refractivity contribution in [1.29, 1.82) is 0 Å². The molecule has 0 radical (unpaired) electrons. The summed E-state index contributed by atoms with van der Waals surface area (Å²) in [6.45, 7) is 2.30. The Bertz CT molecular complexity index is 296. The lowest BCUT2D eigenvalue weighted by atomic mass is 10.3. The third-order valence-corrected chi connectivity index (χ3v) is 2.14. The number of carbonyl (C=O) groups excluding carboxylic acids is 1. The summed E-state index contributed by atoms with van der Waals surface area (Å²) >= 11 is 0. The molecule has 0 spiro atoms. The lowest BCUT2D eigenvalue weighted by molar-refractivity contribution is -0.121. The molecule has 1 amide bonds. The van der Waals surface area contributed by atoms with Gasteiger partial charge in [-0.2, -0.15) is 5.10 Å². The summed E-state index contributed by atoms with van der Waals surface area (Å²) in [7, 11) is 4.04. The normalized spacial score (nSPS) is 10.7. The number of hydrogen-bond donors (Lipinski definition) is 1. The van der Waals surface area contributed by atoms with Crippen LogP contribution in [0.4, 0.5) is 0 Å². The summed E-state index contributed by atoms with van der Waals surface area (Å²) in [5.41, 5.74) is 0. The molecule has 0 atom stereocenters. The van der Waals surface area contributed by atoms with Gasteiger partial charge in [-0.3, -0.25) is 9.48 Å². The number of nitrogens with one attached hydrogen (secondary N) is 1. The van der Waals surface area contributed by atoms with Crippen molar-refractivity contribution < 1.29 is 4.79 Å². The molecular formula is C10H19N5O. The highest BCUT2D eigenvalue weighted by atomic mass is 16.1. The van der Waals surface area contributed by atoms with Gasteiger partial charge in [-0.25, -0.2) is 4.98 Å². The van der Waals surface area contributed by atoms with Gasteiger partial charge >= 0.3 is 0 Å². The number of nitrogens with zero attached hydrogens (tertiary/aromatic N) is 4. The second-order valence-electron chi connectivity index (χ2n) is 3.92. The molecule has 6 nitrogen and oxygen atoms in total. The summed E-state index contributed by atoms with van der Waals surface area (Å²) in [6, 6.07) is 0. The zero-order chi connectivity index (χ0) is 11.8. The van der Waals surface area contributed by atoms with Crippen molar-refractivity contribution in [3.63, 3.8) is 0 Å². The minimum atomic E-state index is 0.0641. The summed E-state index contributed by atoms with van der Waals surface area (Å²) in [5, 5.41) is 6.80. The second-order valence-corrected chi connectivity index (χ2v) is 3.92. The molecule has 0 fully saturated rings. The van der Waals surface area contributed by atoms with E-state index in [0.29, 0.717) is 13.0 Å². The van der Waals surface area contributed by atoms with Gasteiger partial charge in [0.25, 0.3) is 0 Å². The molecule has 1 aromatic rings. The van der Waals surface area contributed by atoms with Crippen molar-refractivity contribution in [2.45, 2.75) is 19.4 Å². The third-order valence-electron chi connectivity index (χ3n) is 2.14. The van der Waals surface area contributed by atoms with Crippen LogP contribution in [-0.2, 0) is 11.3 Å².